The Morgan fingerprint density at radius 2 is 1.65 bits per heavy atom. The van der Waals surface area contributed by atoms with Gasteiger partial charge in [0.1, 0.15) is 5.69 Å². The van der Waals surface area contributed by atoms with E-state index in [1.54, 1.807) is 19.1 Å². The number of nitro groups is 1. The van der Waals surface area contributed by atoms with Crippen LogP contribution in [0, 0.1) is 24.0 Å². The summed E-state index contributed by atoms with van der Waals surface area (Å²) < 4.78 is 66.3. The van der Waals surface area contributed by atoms with Gasteiger partial charge >= 0.3 is 6.18 Å². The van der Waals surface area contributed by atoms with Crippen molar-refractivity contribution in [2.45, 2.75) is 24.9 Å². The number of benzene rings is 2. The minimum Gasteiger partial charge on any atom is -0.363 e. The van der Waals surface area contributed by atoms with Gasteiger partial charge in [0.25, 0.3) is 5.69 Å². The van der Waals surface area contributed by atoms with Crippen molar-refractivity contribution in [2.24, 2.45) is 0 Å². The number of anilines is 1. The van der Waals surface area contributed by atoms with E-state index in [4.69, 9.17) is 11.6 Å². The SMILES string of the molecule is Cc1ccc(S(=O)(=O)N2CCN(c3cc(Cl)c(C(F)(F)F)cc3[N+](=O)[O-])CC2)cc1C. The molecule has 1 fully saturated rings. The van der Waals surface area contributed by atoms with E-state index in [0.29, 0.717) is 6.07 Å². The van der Waals surface area contributed by atoms with Gasteiger partial charge in [-0.1, -0.05) is 17.7 Å². The van der Waals surface area contributed by atoms with Crippen molar-refractivity contribution in [3.05, 3.63) is 62.2 Å². The van der Waals surface area contributed by atoms with E-state index in [1.807, 2.05) is 6.92 Å². The Bertz CT molecular complexity index is 1130. The first-order chi connectivity index (χ1) is 14.3. The van der Waals surface area contributed by atoms with Crippen LogP contribution in [0.3, 0.4) is 0 Å². The highest BCUT2D eigenvalue weighted by molar-refractivity contribution is 7.89. The third-order valence-corrected chi connectivity index (χ3v) is 7.47. The van der Waals surface area contributed by atoms with Crippen LogP contribution in [0.2, 0.25) is 5.02 Å². The topological polar surface area (TPSA) is 83.8 Å². The van der Waals surface area contributed by atoms with Crippen LogP contribution in [0.25, 0.3) is 0 Å². The first-order valence-electron chi connectivity index (χ1n) is 9.20. The number of hydrogen-bond donors (Lipinski definition) is 0. The Balaban J connectivity index is 1.86. The maximum atomic E-state index is 13.1. The monoisotopic (exact) mass is 477 g/mol. The second kappa shape index (κ2) is 8.29. The molecule has 0 aromatic heterocycles. The van der Waals surface area contributed by atoms with Gasteiger partial charge in [-0.3, -0.25) is 10.1 Å². The molecule has 1 aliphatic rings. The number of halogens is 4. The fourth-order valence-corrected chi connectivity index (χ4v) is 5.13. The molecule has 31 heavy (non-hydrogen) atoms. The molecule has 0 radical (unpaired) electrons. The highest BCUT2D eigenvalue weighted by Gasteiger charge is 2.38. The van der Waals surface area contributed by atoms with Crippen LogP contribution >= 0.6 is 11.6 Å². The number of aryl methyl sites for hydroxylation is 2. The lowest BCUT2D eigenvalue weighted by Crippen LogP contribution is -2.48. The normalized spacial score (nSPS) is 15.9. The number of nitro benzene ring substituents is 1. The zero-order chi connectivity index (χ0) is 23.1. The molecule has 0 aliphatic carbocycles. The average molecular weight is 478 g/mol. The minimum atomic E-state index is -4.83. The van der Waals surface area contributed by atoms with Gasteiger partial charge in [0.05, 0.1) is 20.4 Å². The number of alkyl halides is 3. The fraction of sp³-hybridized carbons (Fsp3) is 0.368. The quantitative estimate of drug-likeness (QED) is 0.481. The summed E-state index contributed by atoms with van der Waals surface area (Å²) in [7, 11) is -3.77. The van der Waals surface area contributed by atoms with Gasteiger partial charge < -0.3 is 4.90 Å². The van der Waals surface area contributed by atoms with E-state index in [-0.39, 0.29) is 36.8 Å². The highest BCUT2D eigenvalue weighted by Crippen LogP contribution is 2.41. The van der Waals surface area contributed by atoms with Gasteiger partial charge in [-0.25, -0.2) is 8.42 Å². The Morgan fingerprint density at radius 3 is 2.16 bits per heavy atom. The Kier molecular flexibility index (Phi) is 6.23. The summed E-state index contributed by atoms with van der Waals surface area (Å²) >= 11 is 5.74. The minimum absolute atomic E-state index is 0.0189. The van der Waals surface area contributed by atoms with Crippen LogP contribution in [0.4, 0.5) is 24.5 Å². The second-order valence-electron chi connectivity index (χ2n) is 7.21. The smallest absolute Gasteiger partial charge is 0.363 e. The van der Waals surface area contributed by atoms with Gasteiger partial charge in [0.2, 0.25) is 10.0 Å². The summed E-state index contributed by atoms with van der Waals surface area (Å²) in [6.07, 6.45) is -4.83. The van der Waals surface area contributed by atoms with Crippen LogP contribution in [0.1, 0.15) is 16.7 Å². The molecule has 0 spiro atoms. The van der Waals surface area contributed by atoms with Gasteiger partial charge in [-0.15, -0.1) is 0 Å². The third kappa shape index (κ3) is 4.63. The molecule has 0 unspecified atom stereocenters. The fourth-order valence-electron chi connectivity index (χ4n) is 3.36. The molecule has 0 atom stereocenters. The summed E-state index contributed by atoms with van der Waals surface area (Å²) in [5, 5.41) is 10.7. The molecule has 0 saturated carbocycles. The zero-order valence-electron chi connectivity index (χ0n) is 16.6. The maximum absolute atomic E-state index is 13.1. The van der Waals surface area contributed by atoms with Crippen LogP contribution in [-0.2, 0) is 16.2 Å². The molecule has 0 bridgehead atoms. The molecule has 2 aromatic carbocycles. The van der Waals surface area contributed by atoms with Crippen LogP contribution in [0.15, 0.2) is 35.2 Å². The van der Waals surface area contributed by atoms with E-state index < -0.39 is 37.4 Å². The predicted octanol–water partition coefficient (Wildman–Crippen LogP) is 4.39. The van der Waals surface area contributed by atoms with Crippen molar-refractivity contribution < 1.29 is 26.5 Å². The van der Waals surface area contributed by atoms with E-state index in [1.165, 1.54) is 15.3 Å². The van der Waals surface area contributed by atoms with Gasteiger partial charge in [0.15, 0.2) is 0 Å². The largest absolute Gasteiger partial charge is 0.418 e. The molecular formula is C19H19ClF3N3O4S. The molecule has 1 saturated heterocycles. The first kappa shape index (κ1) is 23.3. The number of sulfonamides is 1. The molecule has 1 heterocycles. The molecule has 1 aliphatic heterocycles. The second-order valence-corrected chi connectivity index (χ2v) is 9.56. The molecule has 12 heteroatoms. The first-order valence-corrected chi connectivity index (χ1v) is 11.0. The van der Waals surface area contributed by atoms with Crippen molar-refractivity contribution in [1.82, 2.24) is 4.31 Å². The van der Waals surface area contributed by atoms with Crippen molar-refractivity contribution in [3.63, 3.8) is 0 Å². The number of nitrogens with zero attached hydrogens (tertiary/aromatic N) is 3. The van der Waals surface area contributed by atoms with Crippen LogP contribution in [0.5, 0.6) is 0 Å². The van der Waals surface area contributed by atoms with Gasteiger partial charge in [0, 0.05) is 32.2 Å². The van der Waals surface area contributed by atoms with Crippen molar-refractivity contribution >= 4 is 33.0 Å². The van der Waals surface area contributed by atoms with E-state index in [2.05, 4.69) is 0 Å². The Labute approximate surface area is 182 Å². The lowest BCUT2D eigenvalue weighted by Gasteiger charge is -2.35. The summed E-state index contributed by atoms with van der Waals surface area (Å²) in [6.45, 7) is 3.84. The maximum Gasteiger partial charge on any atom is 0.418 e. The molecule has 7 nitrogen and oxygen atoms in total. The Hall–Kier alpha value is -2.37. The number of hydrogen-bond acceptors (Lipinski definition) is 5. The molecule has 168 valence electrons. The van der Waals surface area contributed by atoms with Gasteiger partial charge in [-0.05, 0) is 43.2 Å². The highest BCUT2D eigenvalue weighted by atomic mass is 35.5. The molecule has 0 N–H and O–H groups in total. The number of rotatable bonds is 4. The van der Waals surface area contributed by atoms with E-state index in [9.17, 15) is 31.7 Å². The standard InChI is InChI=1S/C19H19ClF3N3O4S/c1-12-3-4-14(9-13(12)2)31(29,30)25-7-5-24(6-8-25)17-11-16(20)15(19(21,22)23)10-18(17)26(27)28/h3-4,9-11H,5-8H2,1-2H3. The van der Waals surface area contributed by atoms with Crippen molar-refractivity contribution in [3.8, 4) is 0 Å². The van der Waals surface area contributed by atoms with Crippen molar-refractivity contribution in [2.75, 3.05) is 31.1 Å². The van der Waals surface area contributed by atoms with Gasteiger partial charge in [-0.2, -0.15) is 17.5 Å². The zero-order valence-corrected chi connectivity index (χ0v) is 18.2. The number of piperazine rings is 1. The van der Waals surface area contributed by atoms with Crippen molar-refractivity contribution in [1.29, 1.82) is 0 Å². The van der Waals surface area contributed by atoms with E-state index in [0.717, 1.165) is 17.2 Å². The molecule has 3 rings (SSSR count). The molecule has 0 amide bonds. The van der Waals surface area contributed by atoms with Crippen LogP contribution < -0.4 is 4.90 Å². The lowest BCUT2D eigenvalue weighted by atomic mass is 10.1. The lowest BCUT2D eigenvalue weighted by molar-refractivity contribution is -0.384. The third-order valence-electron chi connectivity index (χ3n) is 5.26. The van der Waals surface area contributed by atoms with Crippen LogP contribution in [-0.4, -0.2) is 43.8 Å². The average Bonchev–Trinajstić information content (AvgIpc) is 2.68. The molecular weight excluding hydrogens is 459 g/mol. The Morgan fingerprint density at radius 1 is 1.03 bits per heavy atom. The summed E-state index contributed by atoms with van der Waals surface area (Å²) in [6, 6.07) is 6.14. The summed E-state index contributed by atoms with van der Waals surface area (Å²) in [4.78, 5) is 12.1. The molecule has 2 aromatic rings. The predicted molar refractivity (Wildman–Crippen MR) is 110 cm³/mol. The summed E-state index contributed by atoms with van der Waals surface area (Å²) in [5.74, 6) is 0. The summed E-state index contributed by atoms with van der Waals surface area (Å²) in [5.41, 5.74) is -0.320. The van der Waals surface area contributed by atoms with E-state index >= 15 is 0 Å².